The SMILES string of the molecule is CCCCCCC1C(CC(O)OC)C1(Br)Br. The zero-order valence-corrected chi connectivity index (χ0v) is 13.3. The zero-order chi connectivity index (χ0) is 12.2. The van der Waals surface area contributed by atoms with Crippen molar-refractivity contribution in [3.8, 4) is 0 Å². The van der Waals surface area contributed by atoms with Crippen LogP contribution in [0.4, 0.5) is 0 Å². The van der Waals surface area contributed by atoms with Crippen molar-refractivity contribution < 1.29 is 9.84 Å². The number of unbranched alkanes of at least 4 members (excludes halogenated alkanes) is 3. The lowest BCUT2D eigenvalue weighted by atomic mass is 10.1. The van der Waals surface area contributed by atoms with Gasteiger partial charge < -0.3 is 9.84 Å². The molecule has 4 heteroatoms. The number of aliphatic hydroxyl groups is 1. The van der Waals surface area contributed by atoms with E-state index in [1.165, 1.54) is 32.1 Å². The molecule has 0 aromatic heterocycles. The second-order valence-electron chi connectivity index (χ2n) is 4.66. The average Bonchev–Trinajstić information content (AvgIpc) is 2.75. The van der Waals surface area contributed by atoms with Gasteiger partial charge in [0.05, 0.1) is 3.23 Å². The van der Waals surface area contributed by atoms with E-state index in [4.69, 9.17) is 4.74 Å². The molecule has 2 nitrogen and oxygen atoms in total. The van der Waals surface area contributed by atoms with E-state index in [2.05, 4.69) is 38.8 Å². The molecule has 0 amide bonds. The van der Waals surface area contributed by atoms with Gasteiger partial charge in [-0.2, -0.15) is 0 Å². The minimum Gasteiger partial charge on any atom is -0.368 e. The number of alkyl halides is 2. The molecule has 1 saturated carbocycles. The van der Waals surface area contributed by atoms with E-state index in [-0.39, 0.29) is 3.23 Å². The molecule has 0 aliphatic heterocycles. The Morgan fingerprint density at radius 1 is 1.25 bits per heavy atom. The van der Waals surface area contributed by atoms with Crippen LogP contribution < -0.4 is 0 Å². The maximum absolute atomic E-state index is 9.46. The van der Waals surface area contributed by atoms with Gasteiger partial charge in [0, 0.05) is 13.5 Å². The van der Waals surface area contributed by atoms with Crippen LogP contribution in [0, 0.1) is 11.8 Å². The summed E-state index contributed by atoms with van der Waals surface area (Å²) in [6.45, 7) is 2.23. The third-order valence-electron chi connectivity index (χ3n) is 3.46. The quantitative estimate of drug-likeness (QED) is 0.403. The van der Waals surface area contributed by atoms with Crippen molar-refractivity contribution in [1.29, 1.82) is 0 Å². The van der Waals surface area contributed by atoms with Gasteiger partial charge in [-0.3, -0.25) is 0 Å². The van der Waals surface area contributed by atoms with Gasteiger partial charge in [0.15, 0.2) is 6.29 Å². The van der Waals surface area contributed by atoms with Gasteiger partial charge >= 0.3 is 0 Å². The van der Waals surface area contributed by atoms with E-state index in [1.54, 1.807) is 7.11 Å². The van der Waals surface area contributed by atoms with Crippen molar-refractivity contribution >= 4 is 31.9 Å². The number of aliphatic hydroxyl groups excluding tert-OH is 1. The molecule has 0 heterocycles. The lowest BCUT2D eigenvalue weighted by Crippen LogP contribution is -2.11. The Hall–Kier alpha value is 0.880. The number of ether oxygens (including phenoxy) is 1. The summed E-state index contributed by atoms with van der Waals surface area (Å²) in [6, 6.07) is 0. The molecule has 1 aliphatic carbocycles. The number of hydrogen-bond donors (Lipinski definition) is 1. The van der Waals surface area contributed by atoms with Crippen LogP contribution in [-0.2, 0) is 4.74 Å². The summed E-state index contributed by atoms with van der Waals surface area (Å²) in [5.41, 5.74) is 0. The highest BCUT2D eigenvalue weighted by atomic mass is 79.9. The topological polar surface area (TPSA) is 29.5 Å². The molecular formula is C12H22Br2O2. The number of methoxy groups -OCH3 is 1. The molecule has 1 N–H and O–H groups in total. The van der Waals surface area contributed by atoms with E-state index in [1.807, 2.05) is 0 Å². The van der Waals surface area contributed by atoms with Gasteiger partial charge in [-0.15, -0.1) is 0 Å². The van der Waals surface area contributed by atoms with Crippen LogP contribution in [0.2, 0.25) is 0 Å². The first-order valence-corrected chi connectivity index (χ1v) is 7.71. The summed E-state index contributed by atoms with van der Waals surface area (Å²) in [4.78, 5) is 0. The molecule has 0 spiro atoms. The Morgan fingerprint density at radius 2 is 1.94 bits per heavy atom. The van der Waals surface area contributed by atoms with Gasteiger partial charge in [0.25, 0.3) is 0 Å². The van der Waals surface area contributed by atoms with Crippen molar-refractivity contribution in [2.75, 3.05) is 7.11 Å². The predicted octanol–water partition coefficient (Wildman–Crippen LogP) is 4.04. The summed E-state index contributed by atoms with van der Waals surface area (Å²) in [5, 5.41) is 9.46. The van der Waals surface area contributed by atoms with Gasteiger partial charge in [-0.05, 0) is 18.3 Å². The largest absolute Gasteiger partial charge is 0.368 e. The van der Waals surface area contributed by atoms with Crippen molar-refractivity contribution in [2.45, 2.75) is 55.0 Å². The predicted molar refractivity (Wildman–Crippen MR) is 74.0 cm³/mol. The highest BCUT2D eigenvalue weighted by Crippen LogP contribution is 2.65. The van der Waals surface area contributed by atoms with Gasteiger partial charge in [0.2, 0.25) is 0 Å². The summed E-state index contributed by atoms with van der Waals surface area (Å²) >= 11 is 7.39. The first-order valence-electron chi connectivity index (χ1n) is 6.12. The first-order chi connectivity index (χ1) is 7.54. The summed E-state index contributed by atoms with van der Waals surface area (Å²) < 4.78 is 4.95. The number of halogens is 2. The van der Waals surface area contributed by atoms with Crippen LogP contribution in [0.3, 0.4) is 0 Å². The fourth-order valence-corrected chi connectivity index (χ4v) is 4.12. The molecular weight excluding hydrogens is 336 g/mol. The molecule has 0 saturated heterocycles. The molecule has 0 bridgehead atoms. The molecule has 0 aromatic carbocycles. The monoisotopic (exact) mass is 356 g/mol. The highest BCUT2D eigenvalue weighted by molar-refractivity contribution is 9.25. The molecule has 0 aromatic rings. The first kappa shape index (κ1) is 14.9. The fraction of sp³-hybridized carbons (Fsp3) is 1.00. The fourth-order valence-electron chi connectivity index (χ4n) is 2.28. The van der Waals surface area contributed by atoms with Crippen molar-refractivity contribution in [3.63, 3.8) is 0 Å². The van der Waals surface area contributed by atoms with Crippen molar-refractivity contribution in [3.05, 3.63) is 0 Å². The van der Waals surface area contributed by atoms with Gasteiger partial charge in [-0.1, -0.05) is 64.5 Å². The van der Waals surface area contributed by atoms with Crippen LogP contribution in [0.15, 0.2) is 0 Å². The second-order valence-corrected chi connectivity index (χ2v) is 8.35. The van der Waals surface area contributed by atoms with E-state index in [0.717, 1.165) is 0 Å². The standard InChI is InChI=1S/C12H22Br2O2/c1-3-4-5-6-7-9-10(12(9,13)14)8-11(15)16-2/h9-11,15H,3-8H2,1-2H3. The van der Waals surface area contributed by atoms with Crippen LogP contribution in [-0.4, -0.2) is 21.7 Å². The van der Waals surface area contributed by atoms with Crippen LogP contribution in [0.5, 0.6) is 0 Å². The molecule has 3 unspecified atom stereocenters. The Balaban J connectivity index is 2.22. The van der Waals surface area contributed by atoms with E-state index >= 15 is 0 Å². The molecule has 0 radical (unpaired) electrons. The molecule has 1 fully saturated rings. The average molecular weight is 358 g/mol. The number of rotatable bonds is 8. The molecule has 1 rings (SSSR count). The molecule has 3 atom stereocenters. The van der Waals surface area contributed by atoms with E-state index < -0.39 is 6.29 Å². The van der Waals surface area contributed by atoms with Crippen molar-refractivity contribution in [2.24, 2.45) is 11.8 Å². The Bertz CT molecular complexity index is 209. The lowest BCUT2D eigenvalue weighted by Gasteiger charge is -2.07. The second kappa shape index (κ2) is 6.72. The Labute approximate surface area is 115 Å². The highest BCUT2D eigenvalue weighted by Gasteiger charge is 2.61. The lowest BCUT2D eigenvalue weighted by molar-refractivity contribution is -0.0821. The molecule has 16 heavy (non-hydrogen) atoms. The maximum atomic E-state index is 9.46. The smallest absolute Gasteiger partial charge is 0.154 e. The third-order valence-corrected chi connectivity index (χ3v) is 5.81. The van der Waals surface area contributed by atoms with Crippen LogP contribution in [0.25, 0.3) is 0 Å². The summed E-state index contributed by atoms with van der Waals surface area (Å²) in [7, 11) is 1.55. The van der Waals surface area contributed by atoms with Gasteiger partial charge in [-0.25, -0.2) is 0 Å². The Kier molecular flexibility index (Phi) is 6.27. The van der Waals surface area contributed by atoms with Gasteiger partial charge in [0.1, 0.15) is 0 Å². The Morgan fingerprint density at radius 3 is 2.50 bits per heavy atom. The van der Waals surface area contributed by atoms with E-state index in [9.17, 15) is 5.11 Å². The van der Waals surface area contributed by atoms with Crippen LogP contribution >= 0.6 is 31.9 Å². The maximum Gasteiger partial charge on any atom is 0.154 e. The molecule has 96 valence electrons. The van der Waals surface area contributed by atoms with Crippen molar-refractivity contribution in [1.82, 2.24) is 0 Å². The number of hydrogen-bond acceptors (Lipinski definition) is 2. The zero-order valence-electron chi connectivity index (χ0n) is 10.1. The minimum atomic E-state index is -0.625. The summed E-state index contributed by atoms with van der Waals surface area (Å²) in [6.07, 6.45) is 6.54. The van der Waals surface area contributed by atoms with Crippen LogP contribution in [0.1, 0.15) is 45.4 Å². The summed E-state index contributed by atoms with van der Waals surface area (Å²) in [5.74, 6) is 1.12. The van der Waals surface area contributed by atoms with E-state index in [0.29, 0.717) is 18.3 Å². The normalized spacial score (nSPS) is 29.1. The molecule has 1 aliphatic rings. The minimum absolute atomic E-state index is 0.0473. The third kappa shape index (κ3) is 3.97.